The smallest absolute Gasteiger partial charge is 0.219 e. The van der Waals surface area contributed by atoms with Gasteiger partial charge in [0.2, 0.25) is 5.88 Å². The molecule has 3 rings (SSSR count). The first-order chi connectivity index (χ1) is 9.76. The first-order valence-corrected chi connectivity index (χ1v) is 6.90. The minimum Gasteiger partial charge on any atom is -0.481 e. The van der Waals surface area contributed by atoms with E-state index in [0.717, 1.165) is 55.3 Å². The van der Waals surface area contributed by atoms with Crippen molar-refractivity contribution in [2.45, 2.75) is 26.3 Å². The van der Waals surface area contributed by atoms with Crippen LogP contribution in [0, 0.1) is 6.92 Å². The predicted molar refractivity (Wildman–Crippen MR) is 74.7 cm³/mol. The van der Waals surface area contributed by atoms with Gasteiger partial charge in [-0.25, -0.2) is 9.97 Å². The lowest BCUT2D eigenvalue weighted by atomic mass is 10.1. The summed E-state index contributed by atoms with van der Waals surface area (Å²) in [6.45, 7) is 4.77. The molecule has 0 aliphatic carbocycles. The monoisotopic (exact) mass is 273 g/mol. The van der Waals surface area contributed by atoms with Crippen molar-refractivity contribution in [3.63, 3.8) is 0 Å². The first-order valence-electron chi connectivity index (χ1n) is 6.90. The molecule has 2 aromatic heterocycles. The lowest BCUT2D eigenvalue weighted by molar-refractivity contribution is 0.252. The number of aromatic nitrogens is 2. The summed E-state index contributed by atoms with van der Waals surface area (Å²) < 4.78 is 11.0. The fourth-order valence-electron chi connectivity index (χ4n) is 2.67. The second-order valence-electron chi connectivity index (χ2n) is 5.10. The summed E-state index contributed by atoms with van der Waals surface area (Å²) in [6, 6.07) is 4.06. The number of fused-ring (bicyclic) bond motifs is 1. The highest BCUT2D eigenvalue weighted by atomic mass is 16.5. The molecule has 20 heavy (non-hydrogen) atoms. The van der Waals surface area contributed by atoms with Crippen LogP contribution in [0.1, 0.15) is 22.8 Å². The van der Waals surface area contributed by atoms with Crippen LogP contribution in [0.4, 0.5) is 0 Å². The van der Waals surface area contributed by atoms with E-state index in [-0.39, 0.29) is 0 Å². The van der Waals surface area contributed by atoms with Crippen LogP contribution in [-0.2, 0) is 19.4 Å². The van der Waals surface area contributed by atoms with Crippen LogP contribution in [0.3, 0.4) is 0 Å². The van der Waals surface area contributed by atoms with E-state index >= 15 is 0 Å². The molecule has 0 spiro atoms. The fraction of sp³-hybridized carbons (Fsp3) is 0.467. The van der Waals surface area contributed by atoms with Crippen LogP contribution >= 0.6 is 0 Å². The van der Waals surface area contributed by atoms with Crippen LogP contribution in [0.15, 0.2) is 22.9 Å². The standard InChI is InChI=1S/C15H19N3O2/c1-11-3-4-12(20-11)9-18-7-5-13-14(6-8-18)16-10-17-15(13)19-2/h3-4,10H,5-9H2,1-2H3. The van der Waals surface area contributed by atoms with Crippen LogP contribution in [0.5, 0.6) is 5.88 Å². The van der Waals surface area contributed by atoms with Crippen LogP contribution in [0.2, 0.25) is 0 Å². The minimum absolute atomic E-state index is 0.714. The molecule has 0 atom stereocenters. The maximum atomic E-state index is 5.65. The number of aryl methyl sites for hydroxylation is 1. The van der Waals surface area contributed by atoms with E-state index in [2.05, 4.69) is 14.9 Å². The number of ether oxygens (including phenoxy) is 1. The number of hydrogen-bond donors (Lipinski definition) is 0. The maximum absolute atomic E-state index is 5.65. The normalized spacial score (nSPS) is 15.7. The molecule has 0 aromatic carbocycles. The number of nitrogens with zero attached hydrogens (tertiary/aromatic N) is 3. The SMILES string of the molecule is COc1ncnc2c1CCN(Cc1ccc(C)o1)CC2. The van der Waals surface area contributed by atoms with Crippen LogP contribution in [0.25, 0.3) is 0 Å². The van der Waals surface area contributed by atoms with Gasteiger partial charge in [-0.1, -0.05) is 0 Å². The fourth-order valence-corrected chi connectivity index (χ4v) is 2.67. The Balaban J connectivity index is 1.72. The quantitative estimate of drug-likeness (QED) is 0.856. The van der Waals surface area contributed by atoms with Crippen LogP contribution in [-0.4, -0.2) is 35.1 Å². The number of furan rings is 1. The van der Waals surface area contributed by atoms with Crippen LogP contribution < -0.4 is 4.74 Å². The van der Waals surface area contributed by atoms with Crippen molar-refractivity contribution < 1.29 is 9.15 Å². The van der Waals surface area contributed by atoms with Crippen molar-refractivity contribution in [3.05, 3.63) is 41.2 Å². The average molecular weight is 273 g/mol. The molecule has 1 aliphatic heterocycles. The van der Waals surface area contributed by atoms with E-state index in [1.807, 2.05) is 19.1 Å². The summed E-state index contributed by atoms with van der Waals surface area (Å²) >= 11 is 0. The zero-order valence-corrected chi connectivity index (χ0v) is 11.9. The lowest BCUT2D eigenvalue weighted by Crippen LogP contribution is -2.25. The molecular weight excluding hydrogens is 254 g/mol. The van der Waals surface area contributed by atoms with E-state index in [1.54, 1.807) is 13.4 Å². The Hall–Kier alpha value is -1.88. The lowest BCUT2D eigenvalue weighted by Gasteiger charge is -2.17. The van der Waals surface area contributed by atoms with Gasteiger partial charge in [0.1, 0.15) is 17.8 Å². The summed E-state index contributed by atoms with van der Waals surface area (Å²) in [5.41, 5.74) is 2.25. The van der Waals surface area contributed by atoms with Gasteiger partial charge in [0.25, 0.3) is 0 Å². The van der Waals surface area contributed by atoms with E-state index in [0.29, 0.717) is 5.88 Å². The molecule has 106 valence electrons. The molecule has 0 saturated carbocycles. The van der Waals surface area contributed by atoms with Gasteiger partial charge in [-0.15, -0.1) is 0 Å². The Morgan fingerprint density at radius 2 is 2.10 bits per heavy atom. The van der Waals surface area contributed by atoms with Gasteiger partial charge in [-0.05, 0) is 25.5 Å². The molecule has 0 unspecified atom stereocenters. The van der Waals surface area contributed by atoms with Crippen molar-refractivity contribution in [2.24, 2.45) is 0 Å². The highest BCUT2D eigenvalue weighted by Crippen LogP contribution is 2.22. The molecular formula is C15H19N3O2. The van der Waals surface area contributed by atoms with Crippen molar-refractivity contribution in [1.82, 2.24) is 14.9 Å². The summed E-state index contributed by atoms with van der Waals surface area (Å²) in [7, 11) is 1.66. The zero-order chi connectivity index (χ0) is 13.9. The molecule has 0 N–H and O–H groups in total. The number of rotatable bonds is 3. The Labute approximate surface area is 118 Å². The van der Waals surface area contributed by atoms with Gasteiger partial charge in [-0.2, -0.15) is 0 Å². The molecule has 0 saturated heterocycles. The second-order valence-corrected chi connectivity index (χ2v) is 5.10. The molecule has 2 aromatic rings. The zero-order valence-electron chi connectivity index (χ0n) is 11.9. The van der Waals surface area contributed by atoms with Gasteiger partial charge < -0.3 is 9.15 Å². The number of methoxy groups -OCH3 is 1. The van der Waals surface area contributed by atoms with Crippen molar-refractivity contribution in [1.29, 1.82) is 0 Å². The van der Waals surface area contributed by atoms with E-state index in [1.165, 1.54) is 0 Å². The average Bonchev–Trinajstić information content (AvgIpc) is 2.75. The third kappa shape index (κ3) is 2.67. The second kappa shape index (κ2) is 5.63. The molecule has 0 radical (unpaired) electrons. The molecule has 0 fully saturated rings. The Morgan fingerprint density at radius 3 is 2.85 bits per heavy atom. The molecule has 0 amide bonds. The molecule has 1 aliphatic rings. The molecule has 5 nitrogen and oxygen atoms in total. The van der Waals surface area contributed by atoms with Gasteiger partial charge in [0, 0.05) is 25.1 Å². The van der Waals surface area contributed by atoms with Gasteiger partial charge in [0.15, 0.2) is 0 Å². The van der Waals surface area contributed by atoms with E-state index in [9.17, 15) is 0 Å². The van der Waals surface area contributed by atoms with Crippen molar-refractivity contribution in [3.8, 4) is 5.88 Å². The molecule has 5 heteroatoms. The largest absolute Gasteiger partial charge is 0.481 e. The summed E-state index contributed by atoms with van der Waals surface area (Å²) in [6.07, 6.45) is 3.43. The summed E-state index contributed by atoms with van der Waals surface area (Å²) in [5.74, 6) is 2.70. The topological polar surface area (TPSA) is 51.4 Å². The first kappa shape index (κ1) is 13.1. The maximum Gasteiger partial charge on any atom is 0.219 e. The summed E-state index contributed by atoms with van der Waals surface area (Å²) in [5, 5.41) is 0. The predicted octanol–water partition coefficient (Wildman–Crippen LogP) is 1.99. The number of hydrogen-bond acceptors (Lipinski definition) is 5. The Kier molecular flexibility index (Phi) is 3.69. The Bertz CT molecular complexity index is 595. The van der Waals surface area contributed by atoms with Crippen molar-refractivity contribution >= 4 is 0 Å². The highest BCUT2D eigenvalue weighted by molar-refractivity contribution is 5.31. The third-order valence-electron chi connectivity index (χ3n) is 3.71. The molecule has 0 bridgehead atoms. The van der Waals surface area contributed by atoms with Crippen molar-refractivity contribution in [2.75, 3.05) is 20.2 Å². The van der Waals surface area contributed by atoms with E-state index < -0.39 is 0 Å². The highest BCUT2D eigenvalue weighted by Gasteiger charge is 2.19. The van der Waals surface area contributed by atoms with Gasteiger partial charge >= 0.3 is 0 Å². The Morgan fingerprint density at radius 1 is 1.25 bits per heavy atom. The third-order valence-corrected chi connectivity index (χ3v) is 3.71. The summed E-state index contributed by atoms with van der Waals surface area (Å²) in [4.78, 5) is 11.0. The van der Waals surface area contributed by atoms with E-state index in [4.69, 9.17) is 9.15 Å². The molecule has 3 heterocycles. The van der Waals surface area contributed by atoms with Gasteiger partial charge in [-0.3, -0.25) is 4.90 Å². The van der Waals surface area contributed by atoms with Gasteiger partial charge in [0.05, 0.1) is 19.3 Å². The minimum atomic E-state index is 0.714.